The number of halogens is 1. The van der Waals surface area contributed by atoms with Crippen LogP contribution in [0.2, 0.25) is 0 Å². The molecule has 2 aromatic carbocycles. The minimum absolute atomic E-state index is 0.0227. The van der Waals surface area contributed by atoms with Crippen LogP contribution in [0.15, 0.2) is 70.3 Å². The van der Waals surface area contributed by atoms with Crippen LogP contribution in [0.25, 0.3) is 0 Å². The summed E-state index contributed by atoms with van der Waals surface area (Å²) in [5, 5.41) is 3.67. The van der Waals surface area contributed by atoms with Crippen LogP contribution in [-0.4, -0.2) is 17.0 Å². The van der Waals surface area contributed by atoms with Gasteiger partial charge in [-0.2, -0.15) is 0 Å². The van der Waals surface area contributed by atoms with Crippen molar-refractivity contribution in [2.75, 3.05) is 0 Å². The van der Waals surface area contributed by atoms with Crippen LogP contribution in [0.3, 0.4) is 0 Å². The summed E-state index contributed by atoms with van der Waals surface area (Å²) >= 11 is 2.15. The Morgan fingerprint density at radius 2 is 1.57 bits per heavy atom. The molecule has 2 aliphatic rings. The molecule has 0 radical (unpaired) electrons. The van der Waals surface area contributed by atoms with E-state index in [9.17, 15) is 4.79 Å². The molecule has 2 heterocycles. The smallest absolute Gasteiger partial charge is 0.261 e. The summed E-state index contributed by atoms with van der Waals surface area (Å²) in [4.78, 5) is 14.8. The Morgan fingerprint density at radius 1 is 0.957 bits per heavy atom. The maximum Gasteiger partial charge on any atom is 0.261 e. The van der Waals surface area contributed by atoms with Crippen molar-refractivity contribution in [2.45, 2.75) is 24.7 Å². The van der Waals surface area contributed by atoms with Gasteiger partial charge in [-0.3, -0.25) is 10.1 Å². The van der Waals surface area contributed by atoms with Gasteiger partial charge < -0.3 is 4.90 Å². The number of hydrogen-bond donors (Lipinski definition) is 1. The van der Waals surface area contributed by atoms with Crippen LogP contribution in [-0.2, 0) is 4.79 Å². The van der Waals surface area contributed by atoms with Crippen LogP contribution in [0.4, 0.5) is 0 Å². The summed E-state index contributed by atoms with van der Waals surface area (Å²) in [6.07, 6.45) is 2.96. The maximum atomic E-state index is 12.8. The van der Waals surface area contributed by atoms with Gasteiger partial charge in [-0.05, 0) is 33.7 Å². The second-order valence-corrected chi connectivity index (χ2v) is 7.09. The van der Waals surface area contributed by atoms with Crippen LogP contribution in [0.1, 0.15) is 29.6 Å². The van der Waals surface area contributed by atoms with Gasteiger partial charge in [-0.15, -0.1) is 0 Å². The zero-order valence-corrected chi connectivity index (χ0v) is 14.7. The molecule has 0 bridgehead atoms. The Hall–Kier alpha value is -1.66. The molecular weight excluding hydrogens is 399 g/mol. The number of carbonyl (C=O) groups is 1. The molecule has 1 saturated heterocycles. The molecule has 3 nitrogen and oxygen atoms in total. The van der Waals surface area contributed by atoms with E-state index in [0.29, 0.717) is 0 Å². The third-order valence-electron chi connectivity index (χ3n) is 4.58. The van der Waals surface area contributed by atoms with E-state index >= 15 is 0 Å². The predicted molar refractivity (Wildman–Crippen MR) is 98.9 cm³/mol. The lowest BCUT2D eigenvalue weighted by Crippen LogP contribution is -2.43. The molecule has 0 spiro atoms. The van der Waals surface area contributed by atoms with Crippen molar-refractivity contribution in [1.82, 2.24) is 10.2 Å². The quantitative estimate of drug-likeness (QED) is 0.753. The first-order chi connectivity index (χ1) is 11.3. The zero-order chi connectivity index (χ0) is 15.8. The number of amides is 1. The Bertz CT molecular complexity index is 744. The second-order valence-electron chi connectivity index (χ2n) is 5.93. The first-order valence-corrected chi connectivity index (χ1v) is 8.88. The van der Waals surface area contributed by atoms with Crippen molar-refractivity contribution >= 4 is 28.5 Å². The van der Waals surface area contributed by atoms with E-state index in [2.05, 4.69) is 64.3 Å². The molecule has 1 unspecified atom stereocenters. The first kappa shape index (κ1) is 14.9. The zero-order valence-electron chi connectivity index (χ0n) is 12.5. The summed E-state index contributed by atoms with van der Waals surface area (Å²) in [5.74, 6) is 0.127. The highest BCUT2D eigenvalue weighted by atomic mass is 127. The Morgan fingerprint density at radius 3 is 2.22 bits per heavy atom. The van der Waals surface area contributed by atoms with E-state index in [1.807, 2.05) is 35.2 Å². The van der Waals surface area contributed by atoms with Gasteiger partial charge in [0.2, 0.25) is 0 Å². The minimum atomic E-state index is 0.0227. The van der Waals surface area contributed by atoms with Gasteiger partial charge in [0.15, 0.2) is 0 Å². The van der Waals surface area contributed by atoms with Crippen LogP contribution < -0.4 is 5.32 Å². The molecule has 23 heavy (non-hydrogen) atoms. The second kappa shape index (κ2) is 6.09. The van der Waals surface area contributed by atoms with Crippen molar-refractivity contribution in [1.29, 1.82) is 0 Å². The van der Waals surface area contributed by atoms with Crippen LogP contribution in [0, 0.1) is 0 Å². The van der Waals surface area contributed by atoms with Crippen molar-refractivity contribution in [3.63, 3.8) is 0 Å². The average molecular weight is 416 g/mol. The van der Waals surface area contributed by atoms with Gasteiger partial charge in [0, 0.05) is 6.42 Å². The number of carbonyl (C=O) groups excluding carboxylic acids is 1. The molecule has 116 valence electrons. The number of benzene rings is 2. The molecule has 1 amide bonds. The molecule has 3 atom stereocenters. The fourth-order valence-corrected chi connectivity index (χ4v) is 4.08. The lowest BCUT2D eigenvalue weighted by atomic mass is 9.94. The maximum absolute atomic E-state index is 12.8. The molecule has 0 aliphatic carbocycles. The van der Waals surface area contributed by atoms with E-state index in [1.54, 1.807) is 0 Å². The Labute approximate surface area is 149 Å². The number of nitrogens with one attached hydrogen (secondary N) is 1. The predicted octanol–water partition coefficient (Wildman–Crippen LogP) is 3.95. The topological polar surface area (TPSA) is 32.3 Å². The third kappa shape index (κ3) is 2.60. The summed E-state index contributed by atoms with van der Waals surface area (Å²) in [5.41, 5.74) is 2.40. The Kier molecular flexibility index (Phi) is 3.95. The van der Waals surface area contributed by atoms with E-state index in [-0.39, 0.29) is 24.2 Å². The standard InChI is InChI=1S/C19H17IN2O/c20-15-11-12-16-21-17(13-7-3-1-4-8-13)18(22(16)19(15)23)14-9-5-2-6-10-14/h1-11,16-18,21H,12H2/t16-,17+,18?/m1/s1. The lowest BCUT2D eigenvalue weighted by Gasteiger charge is -2.32. The number of fused-ring (bicyclic) bond motifs is 1. The van der Waals surface area contributed by atoms with Gasteiger partial charge in [0.05, 0.1) is 21.8 Å². The lowest BCUT2D eigenvalue weighted by molar-refractivity contribution is -0.130. The molecule has 2 aliphatic heterocycles. The normalized spacial score (nSPS) is 26.8. The van der Waals surface area contributed by atoms with Crippen LogP contribution >= 0.6 is 22.6 Å². The van der Waals surface area contributed by atoms with E-state index in [4.69, 9.17) is 0 Å². The minimum Gasteiger partial charge on any atom is -0.313 e. The van der Waals surface area contributed by atoms with Gasteiger partial charge in [0.25, 0.3) is 5.91 Å². The van der Waals surface area contributed by atoms with Gasteiger partial charge in [-0.1, -0.05) is 66.7 Å². The van der Waals surface area contributed by atoms with Crippen molar-refractivity contribution in [2.24, 2.45) is 0 Å². The SMILES string of the molecule is O=C1C(I)=CC[C@@H]2N[C@@H](c3ccccc3)C(c3ccccc3)N12. The third-order valence-corrected chi connectivity index (χ3v) is 5.48. The van der Waals surface area contributed by atoms with Crippen molar-refractivity contribution in [3.8, 4) is 0 Å². The fraction of sp³-hybridized carbons (Fsp3) is 0.211. The molecule has 0 saturated carbocycles. The van der Waals surface area contributed by atoms with E-state index in [1.165, 1.54) is 11.1 Å². The highest BCUT2D eigenvalue weighted by Gasteiger charge is 2.46. The molecule has 1 N–H and O–H groups in total. The average Bonchev–Trinajstić information content (AvgIpc) is 3.00. The monoisotopic (exact) mass is 416 g/mol. The molecule has 4 rings (SSSR count). The highest BCUT2D eigenvalue weighted by Crippen LogP contribution is 2.44. The van der Waals surface area contributed by atoms with Crippen LogP contribution in [0.5, 0.6) is 0 Å². The summed E-state index contributed by atoms with van der Waals surface area (Å²) in [6.45, 7) is 0. The summed E-state index contributed by atoms with van der Waals surface area (Å²) in [7, 11) is 0. The molecule has 0 aromatic heterocycles. The summed E-state index contributed by atoms with van der Waals surface area (Å²) in [6, 6.07) is 20.9. The van der Waals surface area contributed by atoms with Gasteiger partial charge in [-0.25, -0.2) is 0 Å². The van der Waals surface area contributed by atoms with Gasteiger partial charge in [0.1, 0.15) is 0 Å². The number of hydrogen-bond acceptors (Lipinski definition) is 2. The van der Waals surface area contributed by atoms with E-state index in [0.717, 1.165) is 10.0 Å². The molecule has 4 heteroatoms. The first-order valence-electron chi connectivity index (χ1n) is 7.80. The van der Waals surface area contributed by atoms with E-state index < -0.39 is 0 Å². The van der Waals surface area contributed by atoms with Gasteiger partial charge >= 0.3 is 0 Å². The van der Waals surface area contributed by atoms with Crippen molar-refractivity contribution < 1.29 is 4.79 Å². The molecule has 1 fully saturated rings. The highest BCUT2D eigenvalue weighted by molar-refractivity contribution is 14.1. The molecular formula is C19H17IN2O. The molecule has 2 aromatic rings. The number of rotatable bonds is 2. The summed E-state index contributed by atoms with van der Waals surface area (Å²) < 4.78 is 0.815. The Balaban J connectivity index is 1.80. The fourth-order valence-electron chi connectivity index (χ4n) is 3.55. The number of nitrogens with zero attached hydrogens (tertiary/aromatic N) is 1. The van der Waals surface area contributed by atoms with Crippen molar-refractivity contribution in [3.05, 3.63) is 81.4 Å². The largest absolute Gasteiger partial charge is 0.313 e.